The molecule has 0 unspecified atom stereocenters. The van der Waals surface area contributed by atoms with E-state index in [0.29, 0.717) is 12.0 Å². The smallest absolute Gasteiger partial charge is 0.311 e. The van der Waals surface area contributed by atoms with Gasteiger partial charge in [-0.3, -0.25) is 47.9 Å². The van der Waals surface area contributed by atoms with Crippen molar-refractivity contribution < 1.29 is 52.7 Å². The Morgan fingerprint density at radius 1 is 0.681 bits per heavy atom. The van der Waals surface area contributed by atoms with Gasteiger partial charge in [0.15, 0.2) is 11.9 Å². The van der Waals surface area contributed by atoms with Crippen molar-refractivity contribution in [3.8, 4) is 0 Å². The molecule has 386 valence electrons. The quantitative estimate of drug-likeness (QED) is 0.217. The number of ketones is 1. The zero-order chi connectivity index (χ0) is 52.8. The molecule has 1 aromatic carbocycles. The van der Waals surface area contributed by atoms with E-state index in [4.69, 9.17) is 4.74 Å². The molecule has 1 heterocycles. The molecule has 0 bridgehead atoms. The van der Waals surface area contributed by atoms with Crippen molar-refractivity contribution in [1.29, 1.82) is 0 Å². The maximum Gasteiger partial charge on any atom is 0.311 e. The molecule has 19 heteroatoms. The molecule has 2 rings (SSSR count). The van der Waals surface area contributed by atoms with Crippen LogP contribution in [0.2, 0.25) is 0 Å². The zero-order valence-corrected chi connectivity index (χ0v) is 43.8. The number of ether oxygens (including phenoxy) is 1. The van der Waals surface area contributed by atoms with Crippen molar-refractivity contribution in [1.82, 2.24) is 40.9 Å². The summed E-state index contributed by atoms with van der Waals surface area (Å²) in [6.07, 6.45) is -0.422. The summed E-state index contributed by atoms with van der Waals surface area (Å²) in [4.78, 5) is 144. The first-order valence-electron chi connectivity index (χ1n) is 24.0. The molecule has 0 saturated carbocycles. The summed E-state index contributed by atoms with van der Waals surface area (Å²) in [5.41, 5.74) is -1.07. The molecule has 1 aliphatic rings. The third kappa shape index (κ3) is 15.6. The highest BCUT2D eigenvalue weighted by molar-refractivity contribution is 6.09. The number of esters is 1. The molecule has 19 nitrogen and oxygen atoms in total. The van der Waals surface area contributed by atoms with E-state index in [1.165, 1.54) is 77.5 Å². The minimum absolute atomic E-state index is 0.0206. The molecule has 1 aromatic rings. The molecule has 0 radical (unpaired) electrons. The molecular weight excluding hydrogens is 889 g/mol. The molecule has 1 fully saturated rings. The van der Waals surface area contributed by atoms with Crippen LogP contribution in [0.3, 0.4) is 0 Å². The second kappa shape index (κ2) is 26.2. The van der Waals surface area contributed by atoms with Gasteiger partial charge in [-0.1, -0.05) is 78.8 Å². The van der Waals surface area contributed by atoms with Crippen LogP contribution in [0, 0.1) is 29.1 Å². The van der Waals surface area contributed by atoms with Gasteiger partial charge in [0.05, 0.1) is 25.0 Å². The first-order chi connectivity index (χ1) is 32.0. The Morgan fingerprint density at radius 3 is 1.75 bits per heavy atom. The second-order valence-electron chi connectivity index (χ2n) is 19.8. The summed E-state index contributed by atoms with van der Waals surface area (Å²) >= 11 is 0. The van der Waals surface area contributed by atoms with Crippen LogP contribution < -0.4 is 21.3 Å². The number of likely N-dealkylation sites (N-methyl/N-ethyl adjacent to an activating group) is 4. The molecule has 1 saturated heterocycles. The topological polar surface area (TPSA) is 241 Å². The summed E-state index contributed by atoms with van der Waals surface area (Å²) in [6.45, 7) is 18.5. The Bertz CT molecular complexity index is 2010. The summed E-state index contributed by atoms with van der Waals surface area (Å²) in [5.74, 6) is -8.81. The Balaban J connectivity index is 2.69. The van der Waals surface area contributed by atoms with Crippen molar-refractivity contribution in [2.24, 2.45) is 29.1 Å². The van der Waals surface area contributed by atoms with E-state index < -0.39 is 138 Å². The van der Waals surface area contributed by atoms with Gasteiger partial charge in [0.25, 0.3) is 5.91 Å². The summed E-state index contributed by atoms with van der Waals surface area (Å²) in [6, 6.07) is 2.32. The SMILES string of the molecule is CC[C@H](C)[C@@H]1OC(=O)[C@@H](C)[C@@H](CC)NC(=O)[C@H](C)N(C)C(=O)C(C)(C)C(=O)[C@@H](C)NC(=O)[C@H](Cc2ccccc2)N(C)C(=O)[C@H](C(C)C)N(C)C(=O)CNC(=O)[C@H](CC(C)C)N(C)C(=O)CNC1=O. The van der Waals surface area contributed by atoms with E-state index in [0.717, 1.165) is 4.90 Å². The minimum Gasteiger partial charge on any atom is -0.452 e. The van der Waals surface area contributed by atoms with Crippen LogP contribution >= 0.6 is 0 Å². The minimum atomic E-state index is -1.77. The van der Waals surface area contributed by atoms with Gasteiger partial charge in [0, 0.05) is 46.6 Å². The zero-order valence-electron chi connectivity index (χ0n) is 43.8. The predicted octanol–water partition coefficient (Wildman–Crippen LogP) is 2.09. The highest BCUT2D eigenvalue weighted by atomic mass is 16.5. The Hall–Kier alpha value is -5.88. The molecule has 0 aromatic heterocycles. The highest BCUT2D eigenvalue weighted by Gasteiger charge is 2.45. The molecule has 0 aliphatic carbocycles. The molecule has 1 aliphatic heterocycles. The van der Waals surface area contributed by atoms with Crippen LogP contribution in [-0.4, -0.2) is 162 Å². The lowest BCUT2D eigenvalue weighted by Gasteiger charge is -2.37. The van der Waals surface area contributed by atoms with Crippen molar-refractivity contribution in [3.05, 3.63) is 35.9 Å². The molecule has 4 N–H and O–H groups in total. The molecule has 8 amide bonds. The second-order valence-corrected chi connectivity index (χ2v) is 19.8. The third-order valence-electron chi connectivity index (χ3n) is 13.4. The summed E-state index contributed by atoms with van der Waals surface area (Å²) in [5, 5.41) is 10.7. The number of hydrogen-bond acceptors (Lipinski definition) is 11. The van der Waals surface area contributed by atoms with Crippen LogP contribution in [0.5, 0.6) is 0 Å². The summed E-state index contributed by atoms with van der Waals surface area (Å²) in [7, 11) is 5.62. The molecule has 69 heavy (non-hydrogen) atoms. The largest absolute Gasteiger partial charge is 0.452 e. The average molecular weight is 969 g/mol. The Morgan fingerprint density at radius 2 is 1.23 bits per heavy atom. The number of hydrogen-bond donors (Lipinski definition) is 4. The van der Waals surface area contributed by atoms with E-state index in [1.807, 2.05) is 13.8 Å². The lowest BCUT2D eigenvalue weighted by atomic mass is 9.82. The fraction of sp³-hybridized carbons (Fsp3) is 0.680. The van der Waals surface area contributed by atoms with Crippen molar-refractivity contribution in [2.45, 2.75) is 151 Å². The van der Waals surface area contributed by atoms with Gasteiger partial charge >= 0.3 is 5.97 Å². The van der Waals surface area contributed by atoms with Crippen LogP contribution in [0.4, 0.5) is 0 Å². The number of rotatable bonds is 8. The van der Waals surface area contributed by atoms with Gasteiger partial charge in [-0.15, -0.1) is 0 Å². The Kier molecular flexibility index (Phi) is 22.5. The van der Waals surface area contributed by atoms with Gasteiger partial charge in [0.2, 0.25) is 41.4 Å². The molecular formula is C50H80N8O11. The number of nitrogens with zero attached hydrogens (tertiary/aromatic N) is 4. The van der Waals surface area contributed by atoms with E-state index >= 15 is 0 Å². The first-order valence-corrected chi connectivity index (χ1v) is 24.0. The van der Waals surface area contributed by atoms with Crippen LogP contribution in [0.25, 0.3) is 0 Å². The van der Waals surface area contributed by atoms with Gasteiger partial charge in [-0.2, -0.15) is 0 Å². The fourth-order valence-corrected chi connectivity index (χ4v) is 8.25. The van der Waals surface area contributed by atoms with Crippen LogP contribution in [0.1, 0.15) is 108 Å². The lowest BCUT2D eigenvalue weighted by molar-refractivity contribution is -0.164. The normalized spacial score (nSPS) is 27.2. The Labute approximate surface area is 408 Å². The van der Waals surface area contributed by atoms with Gasteiger partial charge in [-0.25, -0.2) is 0 Å². The number of amides is 8. The lowest BCUT2D eigenvalue weighted by Crippen LogP contribution is -2.60. The van der Waals surface area contributed by atoms with Gasteiger partial charge < -0.3 is 45.6 Å². The van der Waals surface area contributed by atoms with E-state index in [9.17, 15) is 47.9 Å². The highest BCUT2D eigenvalue weighted by Crippen LogP contribution is 2.25. The number of benzene rings is 1. The van der Waals surface area contributed by atoms with Crippen molar-refractivity contribution >= 4 is 59.0 Å². The van der Waals surface area contributed by atoms with E-state index in [2.05, 4.69) is 21.3 Å². The predicted molar refractivity (Wildman–Crippen MR) is 259 cm³/mol. The first kappa shape index (κ1) is 59.2. The standard InChI is InChI=1S/C50H80N8O11/c1-17-30(7)41-46(65)52-26-38(59)56(14)36(24-28(3)4)44(63)51-27-39(60)58(16)40(29(5)6)47(66)57(15)37(25-34-22-20-19-21-23-34)45(64)53-32(9)42(61)50(11,12)49(68)55(13)33(10)43(62)54-35(18-2)31(8)48(67)69-41/h19-23,28-33,35-37,40-41H,17-18,24-27H2,1-16H3,(H,51,63)(H,52,65)(H,53,64)(H,54,62)/t30-,31-,32+,33-,35+,36-,37-,40-,41-/m0/s1. The number of carbonyl (C=O) groups excluding carboxylic acids is 10. The van der Waals surface area contributed by atoms with Crippen molar-refractivity contribution in [2.75, 3.05) is 41.3 Å². The maximum absolute atomic E-state index is 14.5. The van der Waals surface area contributed by atoms with Crippen LogP contribution in [0.15, 0.2) is 30.3 Å². The number of cyclic esters (lactones) is 1. The van der Waals surface area contributed by atoms with E-state index in [1.54, 1.807) is 65.0 Å². The van der Waals surface area contributed by atoms with Crippen LogP contribution in [-0.2, 0) is 59.1 Å². The number of nitrogens with one attached hydrogen (secondary N) is 4. The van der Waals surface area contributed by atoms with Gasteiger partial charge in [0.1, 0.15) is 29.6 Å². The number of Topliss-reactive ketones (excluding diaryl/α,β-unsaturated/α-hetero) is 1. The average Bonchev–Trinajstić information content (AvgIpc) is 3.31. The summed E-state index contributed by atoms with van der Waals surface area (Å²) < 4.78 is 5.77. The third-order valence-corrected chi connectivity index (χ3v) is 13.4. The number of carbonyl (C=O) groups is 10. The monoisotopic (exact) mass is 969 g/mol. The van der Waals surface area contributed by atoms with Crippen molar-refractivity contribution in [3.63, 3.8) is 0 Å². The molecule has 9 atom stereocenters. The molecule has 0 spiro atoms. The maximum atomic E-state index is 14.5. The van der Waals surface area contributed by atoms with E-state index in [-0.39, 0.29) is 25.2 Å². The van der Waals surface area contributed by atoms with Gasteiger partial charge in [-0.05, 0) is 71.3 Å². The fourth-order valence-electron chi connectivity index (χ4n) is 8.25.